The van der Waals surface area contributed by atoms with Gasteiger partial charge in [0.15, 0.2) is 0 Å². The molecular formula is C20H30N2O3. The number of amides is 1. The number of fused-ring (bicyclic) bond motifs is 1. The van der Waals surface area contributed by atoms with Gasteiger partial charge in [-0.25, -0.2) is 0 Å². The molecule has 1 aromatic rings. The van der Waals surface area contributed by atoms with Crippen LogP contribution in [0.15, 0.2) is 24.3 Å². The molecule has 0 radical (unpaired) electrons. The number of nitrogens with zero attached hydrogens (tertiary/aromatic N) is 1. The zero-order valence-electron chi connectivity index (χ0n) is 15.1. The van der Waals surface area contributed by atoms with Gasteiger partial charge in [-0.2, -0.15) is 0 Å². The minimum Gasteiger partial charge on any atom is -0.389 e. The maximum Gasteiger partial charge on any atom is 0.222 e. The van der Waals surface area contributed by atoms with Crippen molar-refractivity contribution in [3.63, 3.8) is 0 Å². The van der Waals surface area contributed by atoms with E-state index in [9.17, 15) is 9.90 Å². The molecule has 1 aliphatic heterocycles. The summed E-state index contributed by atoms with van der Waals surface area (Å²) in [5, 5.41) is 13.4. The van der Waals surface area contributed by atoms with Gasteiger partial charge in [-0.05, 0) is 49.3 Å². The Morgan fingerprint density at radius 1 is 1.40 bits per heavy atom. The molecule has 138 valence electrons. The number of hydrogen-bond donors (Lipinski definition) is 2. The average molecular weight is 346 g/mol. The summed E-state index contributed by atoms with van der Waals surface area (Å²) in [6.07, 6.45) is 4.54. The highest BCUT2D eigenvalue weighted by molar-refractivity contribution is 5.78. The van der Waals surface area contributed by atoms with Crippen LogP contribution in [0.2, 0.25) is 0 Å². The average Bonchev–Trinajstić information content (AvgIpc) is 2.94. The van der Waals surface area contributed by atoms with Crippen molar-refractivity contribution in [2.24, 2.45) is 5.92 Å². The van der Waals surface area contributed by atoms with E-state index in [1.54, 1.807) is 4.90 Å². The van der Waals surface area contributed by atoms with Gasteiger partial charge in [-0.1, -0.05) is 24.3 Å². The van der Waals surface area contributed by atoms with Crippen molar-refractivity contribution in [3.8, 4) is 0 Å². The van der Waals surface area contributed by atoms with Crippen LogP contribution in [0.3, 0.4) is 0 Å². The van der Waals surface area contributed by atoms with E-state index in [0.717, 1.165) is 38.8 Å². The van der Waals surface area contributed by atoms with Gasteiger partial charge in [-0.15, -0.1) is 0 Å². The van der Waals surface area contributed by atoms with E-state index >= 15 is 0 Å². The molecule has 3 rings (SSSR count). The lowest BCUT2D eigenvalue weighted by Gasteiger charge is -2.26. The summed E-state index contributed by atoms with van der Waals surface area (Å²) in [4.78, 5) is 13.3. The van der Waals surface area contributed by atoms with Crippen molar-refractivity contribution < 1.29 is 14.6 Å². The van der Waals surface area contributed by atoms with Gasteiger partial charge < -0.3 is 20.1 Å². The van der Waals surface area contributed by atoms with Crippen molar-refractivity contribution >= 4 is 5.91 Å². The number of aryl methyl sites for hydroxylation is 1. The first-order valence-corrected chi connectivity index (χ1v) is 9.45. The summed E-state index contributed by atoms with van der Waals surface area (Å²) < 4.78 is 5.99. The SMILES string of the molecule is CN1CC(CCNCC(O)COC2CCCc3ccccc32)CC1=O. The summed E-state index contributed by atoms with van der Waals surface area (Å²) in [6.45, 7) is 2.57. The van der Waals surface area contributed by atoms with Crippen molar-refractivity contribution in [3.05, 3.63) is 35.4 Å². The normalized spacial score (nSPS) is 24.4. The first kappa shape index (κ1) is 18.4. The maximum atomic E-state index is 11.5. The van der Waals surface area contributed by atoms with Gasteiger partial charge in [-0.3, -0.25) is 4.79 Å². The number of carbonyl (C=O) groups excluding carboxylic acids is 1. The lowest BCUT2D eigenvalue weighted by Crippen LogP contribution is -2.32. The summed E-state index contributed by atoms with van der Waals surface area (Å²) in [5.74, 6) is 0.684. The van der Waals surface area contributed by atoms with Gasteiger partial charge in [0, 0.05) is 26.6 Å². The molecule has 5 nitrogen and oxygen atoms in total. The monoisotopic (exact) mass is 346 g/mol. The predicted molar refractivity (Wildman–Crippen MR) is 97.3 cm³/mol. The number of aliphatic hydroxyl groups excluding tert-OH is 1. The highest BCUT2D eigenvalue weighted by atomic mass is 16.5. The minimum atomic E-state index is -0.498. The fourth-order valence-electron chi connectivity index (χ4n) is 3.89. The van der Waals surface area contributed by atoms with E-state index in [4.69, 9.17) is 4.74 Å². The number of ether oxygens (including phenoxy) is 1. The van der Waals surface area contributed by atoms with Gasteiger partial charge in [0.1, 0.15) is 0 Å². The van der Waals surface area contributed by atoms with Gasteiger partial charge >= 0.3 is 0 Å². The number of benzene rings is 1. The van der Waals surface area contributed by atoms with Crippen molar-refractivity contribution in [1.29, 1.82) is 0 Å². The van der Waals surface area contributed by atoms with Gasteiger partial charge in [0.25, 0.3) is 0 Å². The molecule has 25 heavy (non-hydrogen) atoms. The second-order valence-corrected chi connectivity index (χ2v) is 7.40. The summed E-state index contributed by atoms with van der Waals surface area (Å²) in [5.41, 5.74) is 2.66. The predicted octanol–water partition coefficient (Wildman–Crippen LogP) is 1.90. The molecule has 0 spiro atoms. The molecule has 2 aliphatic rings. The number of carbonyl (C=O) groups is 1. The fraction of sp³-hybridized carbons (Fsp3) is 0.650. The Morgan fingerprint density at radius 3 is 3.04 bits per heavy atom. The molecule has 1 fully saturated rings. The number of likely N-dealkylation sites (tertiary alicyclic amines) is 1. The molecule has 0 aromatic heterocycles. The van der Waals surface area contributed by atoms with Crippen molar-refractivity contribution in [2.45, 2.75) is 44.3 Å². The van der Waals surface area contributed by atoms with Crippen LogP contribution in [0.25, 0.3) is 0 Å². The summed E-state index contributed by atoms with van der Waals surface area (Å²) in [6, 6.07) is 8.46. The Balaban J connectivity index is 1.32. The molecule has 3 unspecified atom stereocenters. The number of nitrogens with one attached hydrogen (secondary N) is 1. The molecule has 0 bridgehead atoms. The Morgan fingerprint density at radius 2 is 2.24 bits per heavy atom. The first-order valence-electron chi connectivity index (χ1n) is 9.45. The molecule has 0 saturated carbocycles. The maximum absolute atomic E-state index is 11.5. The molecule has 1 aromatic carbocycles. The third kappa shape index (κ3) is 5.03. The van der Waals surface area contributed by atoms with Crippen LogP contribution < -0.4 is 5.32 Å². The van der Waals surface area contributed by atoms with Crippen LogP contribution in [0.5, 0.6) is 0 Å². The highest BCUT2D eigenvalue weighted by Crippen LogP contribution is 2.32. The second kappa shape index (κ2) is 8.79. The van der Waals surface area contributed by atoms with Gasteiger partial charge in [0.05, 0.1) is 18.8 Å². The first-order chi connectivity index (χ1) is 12.1. The smallest absolute Gasteiger partial charge is 0.222 e. The molecule has 1 saturated heterocycles. The number of rotatable bonds is 8. The molecule has 1 aliphatic carbocycles. The zero-order valence-corrected chi connectivity index (χ0v) is 15.1. The van der Waals surface area contributed by atoms with Crippen LogP contribution in [-0.4, -0.2) is 55.3 Å². The van der Waals surface area contributed by atoms with Crippen molar-refractivity contribution in [1.82, 2.24) is 10.2 Å². The Kier molecular flexibility index (Phi) is 6.45. The standard InChI is InChI=1S/C20H30N2O3/c1-22-13-15(11-20(22)24)9-10-21-12-17(23)14-25-19-8-4-6-16-5-2-3-7-18(16)19/h2-3,5,7,15,17,19,21,23H,4,6,8-14H2,1H3. The third-order valence-corrected chi connectivity index (χ3v) is 5.33. The Labute approximate surface area is 150 Å². The molecule has 1 amide bonds. The van der Waals surface area contributed by atoms with E-state index in [0.29, 0.717) is 25.5 Å². The second-order valence-electron chi connectivity index (χ2n) is 7.40. The Bertz CT molecular complexity index is 578. The third-order valence-electron chi connectivity index (χ3n) is 5.33. The lowest BCUT2D eigenvalue weighted by molar-refractivity contribution is -0.126. The largest absolute Gasteiger partial charge is 0.389 e. The molecule has 1 heterocycles. The van der Waals surface area contributed by atoms with E-state index < -0.39 is 6.10 Å². The van der Waals surface area contributed by atoms with E-state index in [-0.39, 0.29) is 12.0 Å². The van der Waals surface area contributed by atoms with E-state index in [1.165, 1.54) is 11.1 Å². The van der Waals surface area contributed by atoms with Crippen LogP contribution in [0.1, 0.15) is 42.9 Å². The number of aliphatic hydroxyl groups is 1. The van der Waals surface area contributed by atoms with Crippen LogP contribution in [0, 0.1) is 5.92 Å². The molecular weight excluding hydrogens is 316 g/mol. The van der Waals surface area contributed by atoms with Crippen LogP contribution in [-0.2, 0) is 16.0 Å². The highest BCUT2D eigenvalue weighted by Gasteiger charge is 2.26. The minimum absolute atomic E-state index is 0.111. The van der Waals surface area contributed by atoms with E-state index in [2.05, 4.69) is 29.6 Å². The summed E-state index contributed by atoms with van der Waals surface area (Å²) in [7, 11) is 1.86. The van der Waals surface area contributed by atoms with Crippen LogP contribution in [0.4, 0.5) is 0 Å². The van der Waals surface area contributed by atoms with E-state index in [1.807, 2.05) is 7.05 Å². The molecule has 5 heteroatoms. The Hall–Kier alpha value is -1.43. The molecule has 2 N–H and O–H groups in total. The summed E-state index contributed by atoms with van der Waals surface area (Å²) >= 11 is 0. The van der Waals surface area contributed by atoms with Crippen LogP contribution >= 0.6 is 0 Å². The fourth-order valence-corrected chi connectivity index (χ4v) is 3.89. The quantitative estimate of drug-likeness (QED) is 0.706. The lowest BCUT2D eigenvalue weighted by atomic mass is 9.89. The molecule has 3 atom stereocenters. The van der Waals surface area contributed by atoms with Crippen molar-refractivity contribution in [2.75, 3.05) is 33.3 Å². The zero-order chi connectivity index (χ0) is 17.6. The number of hydrogen-bond acceptors (Lipinski definition) is 4. The van der Waals surface area contributed by atoms with Gasteiger partial charge in [0.2, 0.25) is 5.91 Å². The topological polar surface area (TPSA) is 61.8 Å².